The average Bonchev–Trinajstić information content (AvgIpc) is 2.51. The van der Waals surface area contributed by atoms with E-state index in [4.69, 9.17) is 19.9 Å². The zero-order valence-electron chi connectivity index (χ0n) is 14.7. The molecule has 2 atom stereocenters. The Morgan fingerprint density at radius 1 is 1.12 bits per heavy atom. The van der Waals surface area contributed by atoms with Crippen molar-refractivity contribution in [2.24, 2.45) is 11.7 Å². The van der Waals surface area contributed by atoms with Gasteiger partial charge < -0.3 is 19.9 Å². The van der Waals surface area contributed by atoms with Crippen LogP contribution in [-0.2, 0) is 24.8 Å². The van der Waals surface area contributed by atoms with Crippen LogP contribution in [0.1, 0.15) is 26.3 Å². The summed E-state index contributed by atoms with van der Waals surface area (Å²) in [5.74, 6) is -1.24. The number of carbonyl (C=O) groups excluding carboxylic acids is 2. The van der Waals surface area contributed by atoms with Crippen LogP contribution in [0.15, 0.2) is 24.3 Å². The summed E-state index contributed by atoms with van der Waals surface area (Å²) in [6.07, 6.45) is 0. The molecule has 0 radical (unpaired) electrons. The number of thioether (sulfide) groups is 1. The highest BCUT2D eigenvalue weighted by Gasteiger charge is 2.37. The molecule has 0 aliphatic rings. The van der Waals surface area contributed by atoms with Gasteiger partial charge in [-0.2, -0.15) is 0 Å². The Kier molecular flexibility index (Phi) is 7.57. The van der Waals surface area contributed by atoms with Crippen molar-refractivity contribution in [2.45, 2.75) is 37.5 Å². The molecule has 0 fully saturated rings. The SMILES string of the molecule is COC(=O)C(C(=O)OC(C)(C)C)C(N)SCc1ccc(OC)cc1. The zero-order chi connectivity index (χ0) is 18.3. The lowest BCUT2D eigenvalue weighted by Crippen LogP contribution is -2.43. The fourth-order valence-electron chi connectivity index (χ4n) is 1.87. The molecule has 134 valence electrons. The molecule has 0 aromatic heterocycles. The van der Waals surface area contributed by atoms with Crippen LogP contribution >= 0.6 is 11.8 Å². The van der Waals surface area contributed by atoms with Gasteiger partial charge in [-0.3, -0.25) is 9.59 Å². The largest absolute Gasteiger partial charge is 0.497 e. The molecule has 0 aliphatic heterocycles. The van der Waals surface area contributed by atoms with Crippen molar-refractivity contribution >= 4 is 23.7 Å². The number of ether oxygens (including phenoxy) is 3. The number of esters is 2. The van der Waals surface area contributed by atoms with Crippen LogP contribution < -0.4 is 10.5 Å². The maximum Gasteiger partial charge on any atom is 0.323 e. The number of benzene rings is 1. The molecule has 1 rings (SSSR count). The highest BCUT2D eigenvalue weighted by atomic mass is 32.2. The van der Waals surface area contributed by atoms with Gasteiger partial charge in [0.2, 0.25) is 0 Å². The van der Waals surface area contributed by atoms with E-state index in [2.05, 4.69) is 0 Å². The summed E-state index contributed by atoms with van der Waals surface area (Å²) in [4.78, 5) is 24.2. The van der Waals surface area contributed by atoms with Crippen molar-refractivity contribution in [3.63, 3.8) is 0 Å². The molecule has 0 aliphatic carbocycles. The number of nitrogens with two attached hydrogens (primary N) is 1. The van der Waals surface area contributed by atoms with Crippen molar-refractivity contribution in [3.8, 4) is 5.75 Å². The monoisotopic (exact) mass is 355 g/mol. The second-order valence-electron chi connectivity index (χ2n) is 6.16. The molecule has 0 heterocycles. The van der Waals surface area contributed by atoms with Crippen LogP contribution in [-0.4, -0.2) is 37.1 Å². The lowest BCUT2D eigenvalue weighted by atomic mass is 10.1. The lowest BCUT2D eigenvalue weighted by molar-refractivity contribution is -0.167. The van der Waals surface area contributed by atoms with Crippen molar-refractivity contribution in [3.05, 3.63) is 29.8 Å². The smallest absolute Gasteiger partial charge is 0.323 e. The van der Waals surface area contributed by atoms with Crippen LogP contribution in [0.25, 0.3) is 0 Å². The molecule has 6 nitrogen and oxygen atoms in total. The van der Waals surface area contributed by atoms with Crippen molar-refractivity contribution in [1.29, 1.82) is 0 Å². The number of hydrogen-bond donors (Lipinski definition) is 1. The summed E-state index contributed by atoms with van der Waals surface area (Å²) in [7, 11) is 2.82. The van der Waals surface area contributed by atoms with Crippen LogP contribution in [0.3, 0.4) is 0 Å². The Morgan fingerprint density at radius 3 is 2.17 bits per heavy atom. The van der Waals surface area contributed by atoms with Crippen LogP contribution in [0.4, 0.5) is 0 Å². The van der Waals surface area contributed by atoms with Gasteiger partial charge in [0.05, 0.1) is 19.6 Å². The Bertz CT molecular complexity index is 553. The van der Waals surface area contributed by atoms with E-state index >= 15 is 0 Å². The first-order valence-electron chi connectivity index (χ1n) is 7.48. The standard InChI is InChI=1S/C17H25NO5S/c1-17(2,3)23-16(20)13(15(19)22-5)14(18)24-10-11-6-8-12(21-4)9-7-11/h6-9,13-14H,10,18H2,1-5H3. The molecule has 0 amide bonds. The van der Waals surface area contributed by atoms with Gasteiger partial charge in [-0.25, -0.2) is 0 Å². The summed E-state index contributed by atoms with van der Waals surface area (Å²) >= 11 is 1.28. The zero-order valence-corrected chi connectivity index (χ0v) is 15.5. The molecule has 1 aromatic rings. The summed E-state index contributed by atoms with van der Waals surface area (Å²) in [5.41, 5.74) is 6.35. The fourth-order valence-corrected chi connectivity index (χ4v) is 2.86. The predicted molar refractivity (Wildman–Crippen MR) is 93.6 cm³/mol. The Labute approximate surface area is 147 Å². The Balaban J connectivity index is 2.74. The Morgan fingerprint density at radius 2 is 1.71 bits per heavy atom. The van der Waals surface area contributed by atoms with Gasteiger partial charge >= 0.3 is 11.9 Å². The van der Waals surface area contributed by atoms with Crippen molar-refractivity contribution in [1.82, 2.24) is 0 Å². The fraction of sp³-hybridized carbons (Fsp3) is 0.529. The second kappa shape index (κ2) is 8.94. The van der Waals surface area contributed by atoms with Gasteiger partial charge in [-0.15, -0.1) is 11.8 Å². The lowest BCUT2D eigenvalue weighted by Gasteiger charge is -2.25. The molecule has 0 spiro atoms. The van der Waals surface area contributed by atoms with E-state index in [1.54, 1.807) is 27.9 Å². The second-order valence-corrected chi connectivity index (χ2v) is 7.32. The molecule has 0 saturated heterocycles. The molecular weight excluding hydrogens is 330 g/mol. The van der Waals surface area contributed by atoms with Crippen molar-refractivity contribution < 1.29 is 23.8 Å². The van der Waals surface area contributed by atoms with E-state index in [1.165, 1.54) is 18.9 Å². The number of hydrogen-bond acceptors (Lipinski definition) is 7. The summed E-state index contributed by atoms with van der Waals surface area (Å²) in [6.45, 7) is 5.19. The third kappa shape index (κ3) is 6.41. The molecule has 2 N–H and O–H groups in total. The van der Waals surface area contributed by atoms with Gasteiger partial charge in [0.25, 0.3) is 0 Å². The van der Waals surface area contributed by atoms with Crippen LogP contribution in [0.5, 0.6) is 5.75 Å². The molecular formula is C17H25NO5S. The van der Waals surface area contributed by atoms with Gasteiger partial charge in [0.1, 0.15) is 11.4 Å². The van der Waals surface area contributed by atoms with Gasteiger partial charge in [-0.05, 0) is 38.5 Å². The average molecular weight is 355 g/mol. The predicted octanol–water partition coefficient (Wildman–Crippen LogP) is 2.34. The minimum absolute atomic E-state index is 0.543. The number of methoxy groups -OCH3 is 2. The maximum absolute atomic E-state index is 12.3. The van der Waals surface area contributed by atoms with Crippen molar-refractivity contribution in [2.75, 3.05) is 14.2 Å². The summed E-state index contributed by atoms with van der Waals surface area (Å²) < 4.78 is 15.1. The van der Waals surface area contributed by atoms with Crippen LogP contribution in [0, 0.1) is 5.92 Å². The summed E-state index contributed by atoms with van der Waals surface area (Å²) in [6, 6.07) is 7.48. The van der Waals surface area contributed by atoms with Gasteiger partial charge in [0, 0.05) is 5.75 Å². The Hall–Kier alpha value is -1.73. The molecule has 0 saturated carbocycles. The molecule has 7 heteroatoms. The van der Waals surface area contributed by atoms with Gasteiger partial charge in [-0.1, -0.05) is 12.1 Å². The minimum atomic E-state index is -1.17. The molecule has 2 unspecified atom stereocenters. The first-order chi connectivity index (χ1) is 11.2. The number of carbonyl (C=O) groups is 2. The summed E-state index contributed by atoms with van der Waals surface area (Å²) in [5, 5.41) is -0.769. The van der Waals surface area contributed by atoms with E-state index in [0.29, 0.717) is 5.75 Å². The highest BCUT2D eigenvalue weighted by Crippen LogP contribution is 2.25. The third-order valence-electron chi connectivity index (χ3n) is 3.05. The normalized spacial score (nSPS) is 13.8. The van der Waals surface area contributed by atoms with E-state index in [-0.39, 0.29) is 0 Å². The molecule has 1 aromatic carbocycles. The maximum atomic E-state index is 12.3. The quantitative estimate of drug-likeness (QED) is 0.456. The topological polar surface area (TPSA) is 87.9 Å². The molecule has 0 bridgehead atoms. The first-order valence-corrected chi connectivity index (χ1v) is 8.53. The van der Waals surface area contributed by atoms with E-state index < -0.39 is 28.8 Å². The first kappa shape index (κ1) is 20.3. The minimum Gasteiger partial charge on any atom is -0.497 e. The highest BCUT2D eigenvalue weighted by molar-refractivity contribution is 7.99. The number of rotatable bonds is 7. The van der Waals surface area contributed by atoms with E-state index in [9.17, 15) is 9.59 Å². The van der Waals surface area contributed by atoms with E-state index in [0.717, 1.165) is 11.3 Å². The molecule has 24 heavy (non-hydrogen) atoms. The van der Waals surface area contributed by atoms with E-state index in [1.807, 2.05) is 24.3 Å². The third-order valence-corrected chi connectivity index (χ3v) is 4.20. The van der Waals surface area contributed by atoms with Crippen LogP contribution in [0.2, 0.25) is 0 Å². The van der Waals surface area contributed by atoms with Gasteiger partial charge in [0.15, 0.2) is 5.92 Å².